The van der Waals surface area contributed by atoms with E-state index in [1.165, 1.54) is 0 Å². The molecule has 1 saturated heterocycles. The third-order valence-electron chi connectivity index (χ3n) is 3.23. The van der Waals surface area contributed by atoms with Gasteiger partial charge in [0, 0.05) is 25.7 Å². The van der Waals surface area contributed by atoms with E-state index in [0.29, 0.717) is 23.8 Å². The average molecular weight is 319 g/mol. The number of hydrogen-bond donors (Lipinski definition) is 1. The number of amides is 1. The summed E-state index contributed by atoms with van der Waals surface area (Å²) in [5.74, 6) is 0.770. The maximum atomic E-state index is 12.1. The number of benzene rings is 1. The van der Waals surface area contributed by atoms with Crippen LogP contribution in [-0.2, 0) is 4.79 Å². The molecule has 0 bridgehead atoms. The maximum Gasteiger partial charge on any atom is 0.226 e. The van der Waals surface area contributed by atoms with Crippen LogP contribution >= 0.6 is 24.0 Å². The van der Waals surface area contributed by atoms with Gasteiger partial charge >= 0.3 is 0 Å². The Labute approximate surface area is 130 Å². The van der Waals surface area contributed by atoms with E-state index in [4.69, 9.17) is 16.3 Å². The lowest BCUT2D eigenvalue weighted by molar-refractivity contribution is -0.134. The summed E-state index contributed by atoms with van der Waals surface area (Å²) in [6, 6.07) is 7.54. The number of nitrogens with one attached hydrogen (secondary N) is 1. The van der Waals surface area contributed by atoms with Gasteiger partial charge in [0.1, 0.15) is 5.75 Å². The fraction of sp³-hybridized carbons (Fsp3) is 0.500. The molecule has 112 valence electrons. The van der Waals surface area contributed by atoms with Gasteiger partial charge in [0.05, 0.1) is 18.1 Å². The van der Waals surface area contributed by atoms with Gasteiger partial charge in [-0.3, -0.25) is 4.79 Å². The first-order valence-corrected chi connectivity index (χ1v) is 6.94. The summed E-state index contributed by atoms with van der Waals surface area (Å²) in [6.07, 6.45) is 0.384. The van der Waals surface area contributed by atoms with Crippen molar-refractivity contribution in [1.29, 1.82) is 0 Å². The minimum atomic E-state index is 0. The lowest BCUT2D eigenvalue weighted by Gasteiger charge is -2.34. The molecule has 1 aliphatic heterocycles. The summed E-state index contributed by atoms with van der Waals surface area (Å²) < 4.78 is 5.54. The van der Waals surface area contributed by atoms with Crippen LogP contribution in [0.2, 0.25) is 5.02 Å². The molecule has 0 aliphatic carbocycles. The number of rotatable bonds is 4. The molecule has 1 aromatic carbocycles. The van der Waals surface area contributed by atoms with Gasteiger partial charge in [-0.2, -0.15) is 0 Å². The molecule has 0 spiro atoms. The van der Waals surface area contributed by atoms with Crippen molar-refractivity contribution < 1.29 is 9.53 Å². The van der Waals surface area contributed by atoms with Crippen molar-refractivity contribution in [2.75, 3.05) is 26.2 Å². The fourth-order valence-electron chi connectivity index (χ4n) is 2.17. The van der Waals surface area contributed by atoms with Crippen LogP contribution in [0.1, 0.15) is 13.3 Å². The molecule has 1 heterocycles. The first-order valence-electron chi connectivity index (χ1n) is 6.56. The van der Waals surface area contributed by atoms with E-state index in [1.54, 1.807) is 12.1 Å². The first-order chi connectivity index (χ1) is 9.18. The van der Waals surface area contributed by atoms with Crippen LogP contribution in [0.5, 0.6) is 5.75 Å². The Morgan fingerprint density at radius 2 is 2.25 bits per heavy atom. The normalized spacial score (nSPS) is 18.3. The summed E-state index contributed by atoms with van der Waals surface area (Å²) in [6.45, 7) is 4.91. The van der Waals surface area contributed by atoms with Gasteiger partial charge in [-0.25, -0.2) is 0 Å². The number of para-hydroxylation sites is 1. The van der Waals surface area contributed by atoms with Crippen molar-refractivity contribution >= 4 is 29.9 Å². The van der Waals surface area contributed by atoms with Crippen molar-refractivity contribution in [3.63, 3.8) is 0 Å². The highest BCUT2D eigenvalue weighted by molar-refractivity contribution is 6.32. The molecule has 1 unspecified atom stereocenters. The molecule has 1 aliphatic rings. The Morgan fingerprint density at radius 3 is 2.95 bits per heavy atom. The van der Waals surface area contributed by atoms with Crippen LogP contribution in [0.25, 0.3) is 0 Å². The Balaban J connectivity index is 0.00000200. The smallest absolute Gasteiger partial charge is 0.226 e. The Hall–Kier alpha value is -0.970. The topological polar surface area (TPSA) is 41.6 Å². The van der Waals surface area contributed by atoms with Gasteiger partial charge in [-0.05, 0) is 19.1 Å². The summed E-state index contributed by atoms with van der Waals surface area (Å²) in [5.41, 5.74) is 0. The van der Waals surface area contributed by atoms with Crippen molar-refractivity contribution in [3.05, 3.63) is 29.3 Å². The largest absolute Gasteiger partial charge is 0.491 e. The molecule has 1 atom stereocenters. The summed E-state index contributed by atoms with van der Waals surface area (Å²) in [5, 5.41) is 3.84. The predicted octanol–water partition coefficient (Wildman–Crippen LogP) is 2.35. The van der Waals surface area contributed by atoms with Gasteiger partial charge in [0.2, 0.25) is 5.91 Å². The van der Waals surface area contributed by atoms with Crippen LogP contribution in [0.3, 0.4) is 0 Å². The number of halogens is 2. The SMILES string of the molecule is CC1CNCCN1C(=O)CCOc1ccccc1Cl.Cl. The number of hydrogen-bond acceptors (Lipinski definition) is 3. The van der Waals surface area contributed by atoms with Crippen LogP contribution < -0.4 is 10.1 Å². The number of carbonyl (C=O) groups is 1. The third-order valence-corrected chi connectivity index (χ3v) is 3.54. The van der Waals surface area contributed by atoms with Crippen LogP contribution in [0.4, 0.5) is 0 Å². The van der Waals surface area contributed by atoms with Gasteiger partial charge < -0.3 is 15.0 Å². The lowest BCUT2D eigenvalue weighted by Crippen LogP contribution is -2.52. The van der Waals surface area contributed by atoms with Crippen molar-refractivity contribution in [2.24, 2.45) is 0 Å². The Bertz CT molecular complexity index is 443. The van der Waals surface area contributed by atoms with E-state index in [1.807, 2.05) is 17.0 Å². The van der Waals surface area contributed by atoms with Crippen molar-refractivity contribution in [3.8, 4) is 5.75 Å². The number of nitrogens with zero attached hydrogens (tertiary/aromatic N) is 1. The molecule has 4 nitrogen and oxygen atoms in total. The molecule has 20 heavy (non-hydrogen) atoms. The van der Waals surface area contributed by atoms with Gasteiger partial charge in [-0.1, -0.05) is 23.7 Å². The van der Waals surface area contributed by atoms with E-state index in [2.05, 4.69) is 12.2 Å². The quantitative estimate of drug-likeness (QED) is 0.926. The third kappa shape index (κ3) is 4.54. The zero-order chi connectivity index (χ0) is 13.7. The van der Waals surface area contributed by atoms with E-state index >= 15 is 0 Å². The van der Waals surface area contributed by atoms with Gasteiger partial charge in [0.25, 0.3) is 0 Å². The molecule has 0 aromatic heterocycles. The highest BCUT2D eigenvalue weighted by atomic mass is 35.5. The zero-order valence-electron chi connectivity index (χ0n) is 11.5. The van der Waals surface area contributed by atoms with Crippen molar-refractivity contribution in [2.45, 2.75) is 19.4 Å². The predicted molar refractivity (Wildman–Crippen MR) is 82.9 cm³/mol. The Morgan fingerprint density at radius 1 is 1.50 bits per heavy atom. The van der Waals surface area contributed by atoms with Gasteiger partial charge in [0.15, 0.2) is 0 Å². The molecular weight excluding hydrogens is 299 g/mol. The Kier molecular flexibility index (Phi) is 7.13. The van der Waals surface area contributed by atoms with Crippen LogP contribution in [-0.4, -0.2) is 43.1 Å². The summed E-state index contributed by atoms with van der Waals surface area (Å²) >= 11 is 5.98. The lowest BCUT2D eigenvalue weighted by atomic mass is 10.2. The van der Waals surface area contributed by atoms with E-state index < -0.39 is 0 Å². The molecule has 0 saturated carbocycles. The second-order valence-corrected chi connectivity index (χ2v) is 5.08. The molecule has 6 heteroatoms. The van der Waals surface area contributed by atoms with E-state index in [-0.39, 0.29) is 24.4 Å². The second kappa shape index (κ2) is 8.35. The highest BCUT2D eigenvalue weighted by Gasteiger charge is 2.22. The summed E-state index contributed by atoms with van der Waals surface area (Å²) in [7, 11) is 0. The van der Waals surface area contributed by atoms with Gasteiger partial charge in [-0.15, -0.1) is 12.4 Å². The maximum absolute atomic E-state index is 12.1. The first kappa shape index (κ1) is 17.1. The second-order valence-electron chi connectivity index (χ2n) is 4.67. The fourth-order valence-corrected chi connectivity index (χ4v) is 2.36. The summed E-state index contributed by atoms with van der Waals surface area (Å²) in [4.78, 5) is 14.0. The molecule has 1 fully saturated rings. The average Bonchev–Trinajstić information content (AvgIpc) is 2.41. The minimum absolute atomic E-state index is 0. The zero-order valence-corrected chi connectivity index (χ0v) is 13.0. The highest BCUT2D eigenvalue weighted by Crippen LogP contribution is 2.23. The molecule has 1 amide bonds. The monoisotopic (exact) mass is 318 g/mol. The van der Waals surface area contributed by atoms with E-state index in [0.717, 1.165) is 19.6 Å². The van der Waals surface area contributed by atoms with Crippen molar-refractivity contribution in [1.82, 2.24) is 10.2 Å². The molecule has 1 aromatic rings. The number of ether oxygens (including phenoxy) is 1. The molecule has 0 radical (unpaired) electrons. The standard InChI is InChI=1S/C14H19ClN2O2.ClH/c1-11-10-16-7-8-17(11)14(18)6-9-19-13-5-3-2-4-12(13)15;/h2-5,11,16H,6-10H2,1H3;1H. The number of piperazine rings is 1. The minimum Gasteiger partial charge on any atom is -0.491 e. The molecule has 1 N–H and O–H groups in total. The number of carbonyl (C=O) groups excluding carboxylic acids is 1. The van der Waals surface area contributed by atoms with Crippen LogP contribution in [0, 0.1) is 0 Å². The van der Waals surface area contributed by atoms with Crippen LogP contribution in [0.15, 0.2) is 24.3 Å². The molecule has 2 rings (SSSR count). The molecular formula is C14H20Cl2N2O2. The van der Waals surface area contributed by atoms with E-state index in [9.17, 15) is 4.79 Å².